The van der Waals surface area contributed by atoms with E-state index in [-0.39, 0.29) is 19.8 Å². The van der Waals surface area contributed by atoms with E-state index in [2.05, 4.69) is 5.32 Å². The van der Waals surface area contributed by atoms with Gasteiger partial charge in [0, 0.05) is 13.2 Å². The molecule has 0 aromatic heterocycles. The summed E-state index contributed by atoms with van der Waals surface area (Å²) in [5.74, 6) is -0.673. The number of alkyl halides is 3. The normalized spacial score (nSPS) is 15.2. The van der Waals surface area contributed by atoms with Gasteiger partial charge in [-0.2, -0.15) is 13.2 Å². The molecule has 8 heteroatoms. The number of amides is 1. The molecule has 0 saturated heterocycles. The highest BCUT2D eigenvalue weighted by atomic mass is 19.4. The maximum atomic E-state index is 12.4. The number of nitrogens with zero attached hydrogens (tertiary/aromatic N) is 1. The zero-order valence-electron chi connectivity index (χ0n) is 12.3. The van der Waals surface area contributed by atoms with E-state index in [0.717, 1.165) is 4.90 Å². The van der Waals surface area contributed by atoms with E-state index in [1.807, 2.05) is 0 Å². The Morgan fingerprint density at radius 3 is 2.30 bits per heavy atom. The van der Waals surface area contributed by atoms with Gasteiger partial charge in [-0.25, -0.2) is 0 Å². The number of ether oxygens (including phenoxy) is 1. The number of aliphatic hydroxyl groups excluding tert-OH is 1. The molecule has 1 amide bonds. The number of aliphatic hydroxyl groups is 1. The molecule has 0 saturated carbocycles. The van der Waals surface area contributed by atoms with E-state index in [1.54, 1.807) is 6.92 Å². The second-order valence-electron chi connectivity index (χ2n) is 5.24. The topological polar surface area (TPSA) is 61.8 Å². The number of hydrogen-bond donors (Lipinski definition) is 2. The van der Waals surface area contributed by atoms with E-state index in [1.165, 1.54) is 21.0 Å². The van der Waals surface area contributed by atoms with Crippen molar-refractivity contribution in [2.75, 3.05) is 33.4 Å². The molecule has 0 radical (unpaired) electrons. The predicted molar refractivity (Wildman–Crippen MR) is 68.3 cm³/mol. The molecular weight excluding hydrogens is 277 g/mol. The van der Waals surface area contributed by atoms with Gasteiger partial charge < -0.3 is 14.7 Å². The number of halogens is 3. The lowest BCUT2D eigenvalue weighted by Crippen LogP contribution is -2.54. The molecule has 0 aliphatic rings. The number of carbonyl (C=O) groups excluding carboxylic acids is 1. The lowest BCUT2D eigenvalue weighted by molar-refractivity contribution is -0.164. The standard InChI is InChI=1S/C12H23F3N2O3/c1-9(2)17(6-12(13,14)15)10(19)5-16-11(3,7-18)8-20-4/h9,16,18H,5-8H2,1-4H3. The summed E-state index contributed by atoms with van der Waals surface area (Å²) >= 11 is 0. The van der Waals surface area contributed by atoms with E-state index < -0.39 is 30.2 Å². The SMILES string of the molecule is COCC(C)(CO)NCC(=O)N(CC(F)(F)F)C(C)C. The summed E-state index contributed by atoms with van der Waals surface area (Å²) in [5, 5.41) is 12.0. The van der Waals surface area contributed by atoms with Crippen LogP contribution < -0.4 is 5.32 Å². The fourth-order valence-corrected chi connectivity index (χ4v) is 1.61. The molecular formula is C12H23F3N2O3. The third kappa shape index (κ3) is 7.06. The molecule has 0 aromatic rings. The molecule has 1 atom stereocenters. The third-order valence-electron chi connectivity index (χ3n) is 2.77. The zero-order chi connectivity index (χ0) is 16.0. The van der Waals surface area contributed by atoms with Gasteiger partial charge in [-0.3, -0.25) is 10.1 Å². The molecule has 0 bridgehead atoms. The van der Waals surface area contributed by atoms with E-state index in [9.17, 15) is 23.1 Å². The monoisotopic (exact) mass is 300 g/mol. The van der Waals surface area contributed by atoms with Gasteiger partial charge in [0.05, 0.1) is 25.3 Å². The zero-order valence-corrected chi connectivity index (χ0v) is 12.3. The molecule has 2 N–H and O–H groups in total. The van der Waals surface area contributed by atoms with Crippen molar-refractivity contribution in [2.24, 2.45) is 0 Å². The van der Waals surface area contributed by atoms with Crippen molar-refractivity contribution in [3.8, 4) is 0 Å². The van der Waals surface area contributed by atoms with Crippen LogP contribution >= 0.6 is 0 Å². The van der Waals surface area contributed by atoms with Crippen LogP contribution in [0.1, 0.15) is 20.8 Å². The van der Waals surface area contributed by atoms with Crippen molar-refractivity contribution in [1.82, 2.24) is 10.2 Å². The van der Waals surface area contributed by atoms with Crippen molar-refractivity contribution >= 4 is 5.91 Å². The van der Waals surface area contributed by atoms with Gasteiger partial charge in [0.25, 0.3) is 0 Å². The first-order valence-electron chi connectivity index (χ1n) is 6.25. The molecule has 0 aliphatic heterocycles. The largest absolute Gasteiger partial charge is 0.406 e. The molecule has 0 aromatic carbocycles. The average molecular weight is 300 g/mol. The second-order valence-corrected chi connectivity index (χ2v) is 5.24. The maximum Gasteiger partial charge on any atom is 0.406 e. The van der Waals surface area contributed by atoms with Crippen molar-refractivity contribution in [1.29, 1.82) is 0 Å². The lowest BCUT2D eigenvalue weighted by atomic mass is 10.1. The maximum absolute atomic E-state index is 12.4. The molecule has 120 valence electrons. The Hall–Kier alpha value is -0.860. The summed E-state index contributed by atoms with van der Waals surface area (Å²) in [4.78, 5) is 12.6. The lowest BCUT2D eigenvalue weighted by Gasteiger charge is -2.31. The second kappa shape index (κ2) is 7.80. The summed E-state index contributed by atoms with van der Waals surface area (Å²) in [6.45, 7) is 2.91. The summed E-state index contributed by atoms with van der Waals surface area (Å²) in [5.41, 5.74) is -0.870. The van der Waals surface area contributed by atoms with Crippen LogP contribution in [-0.2, 0) is 9.53 Å². The van der Waals surface area contributed by atoms with Crippen molar-refractivity contribution < 1.29 is 27.8 Å². The number of methoxy groups -OCH3 is 1. The van der Waals surface area contributed by atoms with Crippen LogP contribution in [0.2, 0.25) is 0 Å². The molecule has 0 rings (SSSR count). The quantitative estimate of drug-likeness (QED) is 0.695. The van der Waals surface area contributed by atoms with Gasteiger partial charge in [0.15, 0.2) is 0 Å². The fourth-order valence-electron chi connectivity index (χ4n) is 1.61. The van der Waals surface area contributed by atoms with Gasteiger partial charge in [-0.1, -0.05) is 0 Å². The minimum absolute atomic E-state index is 0.137. The van der Waals surface area contributed by atoms with Gasteiger partial charge in [0.2, 0.25) is 5.91 Å². The first-order valence-corrected chi connectivity index (χ1v) is 6.25. The van der Waals surface area contributed by atoms with Crippen molar-refractivity contribution in [2.45, 2.75) is 38.5 Å². The first-order chi connectivity index (χ1) is 9.04. The van der Waals surface area contributed by atoms with Crippen molar-refractivity contribution in [3.05, 3.63) is 0 Å². The van der Waals surface area contributed by atoms with E-state index >= 15 is 0 Å². The molecule has 0 fully saturated rings. The molecule has 0 heterocycles. The van der Waals surface area contributed by atoms with Crippen LogP contribution in [0, 0.1) is 0 Å². The Labute approximate surface area is 117 Å². The summed E-state index contributed by atoms with van der Waals surface area (Å²) in [7, 11) is 1.43. The molecule has 5 nitrogen and oxygen atoms in total. The molecule has 20 heavy (non-hydrogen) atoms. The van der Waals surface area contributed by atoms with Crippen LogP contribution in [-0.4, -0.2) is 67.1 Å². The van der Waals surface area contributed by atoms with Crippen LogP contribution in [0.25, 0.3) is 0 Å². The Kier molecular flexibility index (Phi) is 7.46. The fraction of sp³-hybridized carbons (Fsp3) is 0.917. The van der Waals surface area contributed by atoms with Gasteiger partial charge in [-0.05, 0) is 20.8 Å². The Bertz CT molecular complexity index is 311. The summed E-state index contributed by atoms with van der Waals surface area (Å²) in [6.07, 6.45) is -4.44. The number of carbonyl (C=O) groups is 1. The first kappa shape index (κ1) is 19.1. The van der Waals surface area contributed by atoms with E-state index in [0.29, 0.717) is 0 Å². The van der Waals surface area contributed by atoms with Crippen LogP contribution in [0.4, 0.5) is 13.2 Å². The highest BCUT2D eigenvalue weighted by Crippen LogP contribution is 2.18. The highest BCUT2D eigenvalue weighted by molar-refractivity contribution is 5.78. The van der Waals surface area contributed by atoms with Crippen LogP contribution in [0.5, 0.6) is 0 Å². The van der Waals surface area contributed by atoms with Crippen molar-refractivity contribution in [3.63, 3.8) is 0 Å². The average Bonchev–Trinajstić information content (AvgIpc) is 2.32. The number of rotatable bonds is 8. The van der Waals surface area contributed by atoms with Crippen LogP contribution in [0.15, 0.2) is 0 Å². The smallest absolute Gasteiger partial charge is 0.394 e. The summed E-state index contributed by atoms with van der Waals surface area (Å²) in [6, 6.07) is -0.561. The van der Waals surface area contributed by atoms with Gasteiger partial charge in [-0.15, -0.1) is 0 Å². The van der Waals surface area contributed by atoms with Crippen LogP contribution in [0.3, 0.4) is 0 Å². The minimum Gasteiger partial charge on any atom is -0.394 e. The minimum atomic E-state index is -4.44. The predicted octanol–water partition coefficient (Wildman–Crippen LogP) is 0.773. The van der Waals surface area contributed by atoms with E-state index in [4.69, 9.17) is 4.74 Å². The van der Waals surface area contributed by atoms with Gasteiger partial charge in [0.1, 0.15) is 6.54 Å². The highest BCUT2D eigenvalue weighted by Gasteiger charge is 2.34. The number of nitrogens with one attached hydrogen (secondary N) is 1. The van der Waals surface area contributed by atoms with Gasteiger partial charge >= 0.3 is 6.18 Å². The summed E-state index contributed by atoms with van der Waals surface area (Å²) < 4.78 is 42.1. The number of hydrogen-bond acceptors (Lipinski definition) is 4. The Morgan fingerprint density at radius 1 is 1.40 bits per heavy atom. The molecule has 0 spiro atoms. The third-order valence-corrected chi connectivity index (χ3v) is 2.77. The Morgan fingerprint density at radius 2 is 1.95 bits per heavy atom. The molecule has 0 aliphatic carbocycles. The Balaban J connectivity index is 4.62. The molecule has 1 unspecified atom stereocenters.